The molecular formula is C4H7F2NO. The van der Waals surface area contributed by atoms with Crippen LogP contribution in [0, 0.1) is 4.91 Å². The summed E-state index contributed by atoms with van der Waals surface area (Å²) in [6.07, 6.45) is -0.321. The van der Waals surface area contributed by atoms with Gasteiger partial charge in [-0.05, 0) is 0 Å². The molecule has 2 nitrogen and oxygen atoms in total. The number of nitroso groups, excluding NO2 is 1. The van der Waals surface area contributed by atoms with Crippen LogP contribution < -0.4 is 0 Å². The van der Waals surface area contributed by atoms with Crippen molar-refractivity contribution in [2.24, 2.45) is 5.18 Å². The Labute approximate surface area is 45.9 Å². The number of rotatable bonds is 3. The van der Waals surface area contributed by atoms with Gasteiger partial charge in [-0.3, -0.25) is 0 Å². The van der Waals surface area contributed by atoms with Gasteiger partial charge in [0.25, 0.3) is 5.92 Å². The molecule has 0 saturated carbocycles. The van der Waals surface area contributed by atoms with Crippen LogP contribution in [-0.2, 0) is 0 Å². The minimum atomic E-state index is -2.89. The third kappa shape index (κ3) is 2.60. The third-order valence-electron chi connectivity index (χ3n) is 0.813. The Kier molecular flexibility index (Phi) is 2.51. The normalized spacial score (nSPS) is 11.4. The van der Waals surface area contributed by atoms with Gasteiger partial charge < -0.3 is 0 Å². The zero-order chi connectivity index (χ0) is 6.62. The minimum absolute atomic E-state index is 0.321. The molecule has 0 aromatic heterocycles. The van der Waals surface area contributed by atoms with Gasteiger partial charge in [0.05, 0.1) is 0 Å². The maximum atomic E-state index is 11.9. The van der Waals surface area contributed by atoms with Crippen molar-refractivity contribution in [2.45, 2.75) is 19.3 Å². The highest BCUT2D eigenvalue weighted by atomic mass is 19.3. The average Bonchev–Trinajstić information content (AvgIpc) is 1.67. The van der Waals surface area contributed by atoms with Gasteiger partial charge in [0.15, 0.2) is 0 Å². The molecular weight excluding hydrogens is 116 g/mol. The van der Waals surface area contributed by atoms with Crippen LogP contribution in [0.5, 0.6) is 0 Å². The summed E-state index contributed by atoms with van der Waals surface area (Å²) < 4.78 is 23.7. The molecule has 48 valence electrons. The molecule has 0 rings (SSSR count). The highest BCUT2D eigenvalue weighted by Gasteiger charge is 2.25. The molecule has 0 bridgehead atoms. The number of hydrogen-bond donors (Lipinski definition) is 0. The molecule has 0 saturated heterocycles. The molecule has 0 amide bonds. The molecule has 0 radical (unpaired) electrons. The second-order valence-corrected chi connectivity index (χ2v) is 1.50. The molecule has 0 atom stereocenters. The molecule has 0 aliphatic rings. The summed E-state index contributed by atoms with van der Waals surface area (Å²) in [6.45, 7) is 0.411. The second-order valence-electron chi connectivity index (χ2n) is 1.50. The number of nitrogens with zero attached hydrogens (tertiary/aromatic N) is 1. The summed E-state index contributed by atoms with van der Waals surface area (Å²) in [6, 6.07) is 0. The summed E-state index contributed by atoms with van der Waals surface area (Å²) in [5.74, 6) is -2.89. The van der Waals surface area contributed by atoms with Crippen LogP contribution in [0.15, 0.2) is 5.18 Å². The molecule has 0 aromatic carbocycles. The first-order valence-electron chi connectivity index (χ1n) is 2.29. The van der Waals surface area contributed by atoms with Gasteiger partial charge in [-0.15, -0.1) is 0 Å². The molecule has 0 N–H and O–H groups in total. The molecule has 0 unspecified atom stereocenters. The molecule has 0 aromatic rings. The fourth-order valence-electron chi connectivity index (χ4n) is 0.206. The number of alkyl halides is 2. The fraction of sp³-hybridized carbons (Fsp3) is 1.00. The average molecular weight is 123 g/mol. The summed E-state index contributed by atoms with van der Waals surface area (Å²) in [4.78, 5) is 9.25. The Morgan fingerprint density at radius 1 is 1.62 bits per heavy atom. The Morgan fingerprint density at radius 2 is 2.12 bits per heavy atom. The van der Waals surface area contributed by atoms with Crippen molar-refractivity contribution >= 4 is 0 Å². The van der Waals surface area contributed by atoms with Crippen molar-refractivity contribution in [3.8, 4) is 0 Å². The first-order valence-corrected chi connectivity index (χ1v) is 2.29. The van der Waals surface area contributed by atoms with Gasteiger partial charge in [0.1, 0.15) is 6.54 Å². The predicted molar refractivity (Wildman–Crippen MR) is 25.9 cm³/mol. The van der Waals surface area contributed by atoms with Gasteiger partial charge in [-0.25, -0.2) is 8.78 Å². The zero-order valence-corrected chi connectivity index (χ0v) is 4.53. The largest absolute Gasteiger partial charge is 0.270 e. The second kappa shape index (κ2) is 2.69. The van der Waals surface area contributed by atoms with Crippen LogP contribution in [0.1, 0.15) is 13.3 Å². The first-order chi connectivity index (χ1) is 3.62. The number of hydrogen-bond acceptors (Lipinski definition) is 2. The quantitative estimate of drug-likeness (QED) is 0.526. The van der Waals surface area contributed by atoms with Crippen molar-refractivity contribution in [3.63, 3.8) is 0 Å². The van der Waals surface area contributed by atoms with Crippen LogP contribution in [0.2, 0.25) is 0 Å². The lowest BCUT2D eigenvalue weighted by Crippen LogP contribution is -2.17. The smallest absolute Gasteiger partial charge is 0.205 e. The van der Waals surface area contributed by atoms with Crippen LogP contribution in [0.4, 0.5) is 8.78 Å². The highest BCUT2D eigenvalue weighted by Crippen LogP contribution is 2.16. The van der Waals surface area contributed by atoms with E-state index in [0.717, 1.165) is 0 Å². The maximum absolute atomic E-state index is 11.9. The van der Waals surface area contributed by atoms with Crippen molar-refractivity contribution in [1.29, 1.82) is 0 Å². The maximum Gasteiger partial charge on any atom is 0.270 e. The highest BCUT2D eigenvalue weighted by molar-refractivity contribution is 4.64. The molecule has 0 fully saturated rings. The van der Waals surface area contributed by atoms with Crippen LogP contribution >= 0.6 is 0 Å². The zero-order valence-electron chi connectivity index (χ0n) is 4.53. The standard InChI is InChI=1S/C4H7F2NO/c1-2-4(5,6)3-7-8/h2-3H2,1H3. The lowest BCUT2D eigenvalue weighted by Gasteiger charge is -2.06. The van der Waals surface area contributed by atoms with E-state index in [1.165, 1.54) is 6.92 Å². The molecule has 8 heavy (non-hydrogen) atoms. The van der Waals surface area contributed by atoms with E-state index in [-0.39, 0.29) is 6.42 Å². The van der Waals surface area contributed by atoms with E-state index in [0.29, 0.717) is 0 Å². The van der Waals surface area contributed by atoms with Crippen molar-refractivity contribution in [2.75, 3.05) is 6.54 Å². The van der Waals surface area contributed by atoms with E-state index >= 15 is 0 Å². The summed E-state index contributed by atoms with van der Waals surface area (Å²) in [5, 5.41) is 2.08. The Hall–Kier alpha value is -0.540. The van der Waals surface area contributed by atoms with E-state index in [2.05, 4.69) is 5.18 Å². The summed E-state index contributed by atoms with van der Waals surface area (Å²) in [5.41, 5.74) is 0. The van der Waals surface area contributed by atoms with Gasteiger partial charge in [0, 0.05) is 6.42 Å². The lowest BCUT2D eigenvalue weighted by molar-refractivity contribution is 0.00736. The predicted octanol–water partition coefficient (Wildman–Crippen LogP) is 1.80. The topological polar surface area (TPSA) is 29.4 Å². The minimum Gasteiger partial charge on any atom is -0.205 e. The van der Waals surface area contributed by atoms with Crippen LogP contribution in [-0.4, -0.2) is 12.5 Å². The van der Waals surface area contributed by atoms with E-state index < -0.39 is 12.5 Å². The van der Waals surface area contributed by atoms with Gasteiger partial charge in [0.2, 0.25) is 0 Å². The number of halogens is 2. The molecule has 0 aliphatic heterocycles. The van der Waals surface area contributed by atoms with Crippen LogP contribution in [0.25, 0.3) is 0 Å². The lowest BCUT2D eigenvalue weighted by atomic mass is 10.3. The van der Waals surface area contributed by atoms with Crippen molar-refractivity contribution < 1.29 is 8.78 Å². The molecule has 0 heterocycles. The molecule has 0 spiro atoms. The SMILES string of the molecule is CCC(F)(F)CN=O. The molecule has 4 heteroatoms. The summed E-state index contributed by atoms with van der Waals surface area (Å²) >= 11 is 0. The third-order valence-corrected chi connectivity index (χ3v) is 0.813. The van der Waals surface area contributed by atoms with Crippen LogP contribution in [0.3, 0.4) is 0 Å². The first kappa shape index (κ1) is 7.46. The van der Waals surface area contributed by atoms with E-state index in [1.807, 2.05) is 0 Å². The van der Waals surface area contributed by atoms with E-state index in [4.69, 9.17) is 0 Å². The van der Waals surface area contributed by atoms with Crippen molar-refractivity contribution in [3.05, 3.63) is 4.91 Å². The van der Waals surface area contributed by atoms with Gasteiger partial charge in [-0.1, -0.05) is 12.1 Å². The van der Waals surface area contributed by atoms with Crippen molar-refractivity contribution in [1.82, 2.24) is 0 Å². The van der Waals surface area contributed by atoms with Gasteiger partial charge >= 0.3 is 0 Å². The Bertz CT molecular complexity index is 84.1. The Morgan fingerprint density at radius 3 is 2.25 bits per heavy atom. The van der Waals surface area contributed by atoms with E-state index in [1.54, 1.807) is 0 Å². The monoisotopic (exact) mass is 123 g/mol. The Balaban J connectivity index is 3.53. The summed E-state index contributed by atoms with van der Waals surface area (Å²) in [7, 11) is 0. The fourth-order valence-corrected chi connectivity index (χ4v) is 0.206. The molecule has 0 aliphatic carbocycles. The van der Waals surface area contributed by atoms with E-state index in [9.17, 15) is 13.7 Å². The van der Waals surface area contributed by atoms with Gasteiger partial charge in [-0.2, -0.15) is 4.91 Å².